The molecule has 0 saturated carbocycles. The summed E-state index contributed by atoms with van der Waals surface area (Å²) in [6.07, 6.45) is 7.77. The lowest BCUT2D eigenvalue weighted by molar-refractivity contribution is 0.0731. The van der Waals surface area contributed by atoms with Gasteiger partial charge in [-0.15, -0.1) is 0 Å². The number of hydrogen-bond acceptors (Lipinski definition) is 9. The van der Waals surface area contributed by atoms with Crippen molar-refractivity contribution in [2.75, 3.05) is 38.5 Å². The number of hydrogen-bond donors (Lipinski definition) is 1. The predicted molar refractivity (Wildman–Crippen MR) is 128 cm³/mol. The topological polar surface area (TPSA) is 101 Å². The number of rotatable bonds is 6. The number of piperazine rings is 1. The van der Waals surface area contributed by atoms with Crippen molar-refractivity contribution < 1.29 is 9.53 Å². The Morgan fingerprint density at radius 3 is 2.56 bits per heavy atom. The van der Waals surface area contributed by atoms with Crippen LogP contribution in [0.25, 0.3) is 11.0 Å². The van der Waals surface area contributed by atoms with E-state index in [9.17, 15) is 4.79 Å². The standard InChI is InChI=1S/C24H26N8O2/c1-30-9-11-32(12-10-30)15-17-3-5-18(6-4-17)29-23-22(26-7-8-27-23)24(33)34-20-14-25-13-19-21(20)28-16-31(19)2/h3-8,13-14,16H,9-12,15H2,1-2H3,(H,27,29). The number of likely N-dealkylation sites (N-methyl/N-ethyl adjacent to an activating group) is 1. The van der Waals surface area contributed by atoms with Gasteiger partial charge in [0.2, 0.25) is 0 Å². The van der Waals surface area contributed by atoms with Crippen molar-refractivity contribution in [3.63, 3.8) is 0 Å². The van der Waals surface area contributed by atoms with E-state index in [1.54, 1.807) is 12.5 Å². The summed E-state index contributed by atoms with van der Waals surface area (Å²) in [5.74, 6) is -0.0457. The molecule has 174 valence electrons. The van der Waals surface area contributed by atoms with E-state index in [-0.39, 0.29) is 11.4 Å². The fourth-order valence-electron chi connectivity index (χ4n) is 3.91. The van der Waals surface area contributed by atoms with Gasteiger partial charge in [0.15, 0.2) is 17.3 Å². The summed E-state index contributed by atoms with van der Waals surface area (Å²) < 4.78 is 7.40. The molecule has 34 heavy (non-hydrogen) atoms. The molecular weight excluding hydrogens is 432 g/mol. The number of aryl methyl sites for hydroxylation is 1. The van der Waals surface area contributed by atoms with Crippen molar-refractivity contribution in [3.05, 3.63) is 66.6 Å². The van der Waals surface area contributed by atoms with E-state index in [4.69, 9.17) is 4.74 Å². The maximum absolute atomic E-state index is 12.9. The van der Waals surface area contributed by atoms with Gasteiger partial charge in [0.05, 0.1) is 24.2 Å². The molecule has 5 rings (SSSR count). The maximum Gasteiger partial charge on any atom is 0.366 e. The highest BCUT2D eigenvalue weighted by Crippen LogP contribution is 2.24. The second-order valence-electron chi connectivity index (χ2n) is 8.41. The number of carbonyl (C=O) groups excluding carboxylic acids is 1. The van der Waals surface area contributed by atoms with Gasteiger partial charge in [-0.1, -0.05) is 12.1 Å². The van der Waals surface area contributed by atoms with Gasteiger partial charge in [-0.05, 0) is 24.7 Å². The fourth-order valence-corrected chi connectivity index (χ4v) is 3.91. The van der Waals surface area contributed by atoms with Crippen LogP contribution in [0.3, 0.4) is 0 Å². The Balaban J connectivity index is 1.29. The number of ether oxygens (including phenoxy) is 1. The van der Waals surface area contributed by atoms with Crippen LogP contribution in [0.2, 0.25) is 0 Å². The first-order valence-corrected chi connectivity index (χ1v) is 11.1. The zero-order chi connectivity index (χ0) is 23.5. The zero-order valence-electron chi connectivity index (χ0n) is 19.2. The van der Waals surface area contributed by atoms with Crippen molar-refractivity contribution in [2.24, 2.45) is 7.05 Å². The van der Waals surface area contributed by atoms with Crippen LogP contribution in [0.4, 0.5) is 11.5 Å². The number of nitrogens with zero attached hydrogens (tertiary/aromatic N) is 7. The van der Waals surface area contributed by atoms with Gasteiger partial charge >= 0.3 is 5.97 Å². The molecule has 1 fully saturated rings. The van der Waals surface area contributed by atoms with Gasteiger partial charge in [0.1, 0.15) is 5.52 Å². The van der Waals surface area contributed by atoms with Crippen LogP contribution < -0.4 is 10.1 Å². The molecule has 0 aliphatic carbocycles. The van der Waals surface area contributed by atoms with Crippen molar-refractivity contribution in [2.45, 2.75) is 6.54 Å². The smallest absolute Gasteiger partial charge is 0.366 e. The number of aromatic nitrogens is 5. The van der Waals surface area contributed by atoms with Crippen LogP contribution in [-0.4, -0.2) is 73.5 Å². The largest absolute Gasteiger partial charge is 0.418 e. The fraction of sp³-hybridized carbons (Fsp3) is 0.292. The lowest BCUT2D eigenvalue weighted by atomic mass is 10.1. The Kier molecular flexibility index (Phi) is 6.15. The molecule has 4 heterocycles. The Morgan fingerprint density at radius 1 is 1.00 bits per heavy atom. The number of esters is 1. The van der Waals surface area contributed by atoms with E-state index in [1.807, 2.05) is 23.7 Å². The Hall–Kier alpha value is -3.89. The minimum absolute atomic E-state index is 0.0805. The number of carbonyl (C=O) groups is 1. The van der Waals surface area contributed by atoms with E-state index >= 15 is 0 Å². The van der Waals surface area contributed by atoms with E-state index in [0.717, 1.165) is 43.9 Å². The van der Waals surface area contributed by atoms with Gasteiger partial charge in [-0.2, -0.15) is 0 Å². The minimum atomic E-state index is -0.637. The van der Waals surface area contributed by atoms with Crippen molar-refractivity contribution in [1.29, 1.82) is 0 Å². The first-order valence-electron chi connectivity index (χ1n) is 11.1. The number of imidazole rings is 1. The molecule has 1 N–H and O–H groups in total. The number of nitrogens with one attached hydrogen (secondary N) is 1. The first-order chi connectivity index (χ1) is 16.6. The van der Waals surface area contributed by atoms with Gasteiger partial charge < -0.3 is 19.5 Å². The van der Waals surface area contributed by atoms with E-state index in [0.29, 0.717) is 11.3 Å². The summed E-state index contributed by atoms with van der Waals surface area (Å²) in [5, 5.41) is 3.19. The molecular formula is C24H26N8O2. The molecule has 1 aliphatic rings. The highest BCUT2D eigenvalue weighted by Gasteiger charge is 2.20. The van der Waals surface area contributed by atoms with Crippen LogP contribution in [-0.2, 0) is 13.6 Å². The van der Waals surface area contributed by atoms with Gasteiger partial charge in [0, 0.05) is 57.9 Å². The van der Waals surface area contributed by atoms with Crippen molar-refractivity contribution in [3.8, 4) is 5.75 Å². The highest BCUT2D eigenvalue weighted by atomic mass is 16.5. The maximum atomic E-state index is 12.9. The summed E-state index contributed by atoms with van der Waals surface area (Å²) in [6.45, 7) is 5.25. The Morgan fingerprint density at radius 2 is 1.76 bits per heavy atom. The molecule has 3 aromatic heterocycles. The molecule has 4 aromatic rings. The third-order valence-electron chi connectivity index (χ3n) is 5.92. The average Bonchev–Trinajstić information content (AvgIpc) is 3.24. The molecule has 1 saturated heterocycles. The van der Waals surface area contributed by atoms with Crippen molar-refractivity contribution in [1.82, 2.24) is 34.3 Å². The third kappa shape index (κ3) is 4.73. The molecule has 0 atom stereocenters. The second kappa shape index (κ2) is 9.54. The molecule has 1 aromatic carbocycles. The average molecular weight is 459 g/mol. The summed E-state index contributed by atoms with van der Waals surface area (Å²) in [4.78, 5) is 34.7. The summed E-state index contributed by atoms with van der Waals surface area (Å²) >= 11 is 0. The zero-order valence-corrected chi connectivity index (χ0v) is 19.2. The molecule has 0 radical (unpaired) electrons. The van der Waals surface area contributed by atoms with Crippen molar-refractivity contribution >= 4 is 28.5 Å². The van der Waals surface area contributed by atoms with Crippen LogP contribution in [0.1, 0.15) is 16.1 Å². The lowest BCUT2D eigenvalue weighted by Gasteiger charge is -2.32. The van der Waals surface area contributed by atoms with Gasteiger partial charge in [0.25, 0.3) is 0 Å². The van der Waals surface area contributed by atoms with Crippen LogP contribution in [0.15, 0.2) is 55.4 Å². The molecule has 0 amide bonds. The van der Waals surface area contributed by atoms with E-state index < -0.39 is 5.97 Å². The molecule has 0 spiro atoms. The Labute approximate surface area is 197 Å². The van der Waals surface area contributed by atoms with E-state index in [1.165, 1.54) is 24.2 Å². The number of anilines is 2. The predicted octanol–water partition coefficient (Wildman–Crippen LogP) is 2.47. The number of fused-ring (bicyclic) bond motifs is 1. The van der Waals surface area contributed by atoms with Gasteiger partial charge in [-0.25, -0.2) is 19.7 Å². The summed E-state index contributed by atoms with van der Waals surface area (Å²) in [5.41, 5.74) is 3.45. The monoisotopic (exact) mass is 458 g/mol. The second-order valence-corrected chi connectivity index (χ2v) is 8.41. The molecule has 10 heteroatoms. The molecule has 0 unspecified atom stereocenters. The SMILES string of the molecule is CN1CCN(Cc2ccc(Nc3nccnc3C(=O)Oc3cncc4c3ncn4C)cc2)CC1. The first kappa shape index (κ1) is 21.9. The summed E-state index contributed by atoms with van der Waals surface area (Å²) in [6, 6.07) is 8.13. The Bertz CT molecular complexity index is 1300. The molecule has 1 aliphatic heterocycles. The minimum Gasteiger partial charge on any atom is -0.418 e. The summed E-state index contributed by atoms with van der Waals surface area (Å²) in [7, 11) is 4.01. The number of pyridine rings is 1. The van der Waals surface area contributed by atoms with Gasteiger partial charge in [-0.3, -0.25) is 9.88 Å². The lowest BCUT2D eigenvalue weighted by Crippen LogP contribution is -2.43. The third-order valence-corrected chi connectivity index (χ3v) is 5.92. The quantitative estimate of drug-likeness (QED) is 0.437. The number of benzene rings is 1. The van der Waals surface area contributed by atoms with E-state index in [2.05, 4.69) is 54.2 Å². The van der Waals surface area contributed by atoms with Crippen LogP contribution >= 0.6 is 0 Å². The highest BCUT2D eigenvalue weighted by molar-refractivity contribution is 5.96. The molecule has 0 bridgehead atoms. The van der Waals surface area contributed by atoms with Crippen LogP contribution in [0.5, 0.6) is 5.75 Å². The normalized spacial score (nSPS) is 14.9. The molecule has 10 nitrogen and oxygen atoms in total. The van der Waals surface area contributed by atoms with Crippen LogP contribution in [0, 0.1) is 0 Å².